The van der Waals surface area contributed by atoms with E-state index < -0.39 is 0 Å². The molecule has 2 heterocycles. The molecule has 0 amide bonds. The van der Waals surface area contributed by atoms with Gasteiger partial charge in [0.15, 0.2) is 0 Å². The number of nitrogens with one attached hydrogen (secondary N) is 1. The highest BCUT2D eigenvalue weighted by Crippen LogP contribution is 2.08. The highest BCUT2D eigenvalue weighted by molar-refractivity contribution is 5.12. The van der Waals surface area contributed by atoms with Crippen molar-refractivity contribution in [3.63, 3.8) is 0 Å². The molecular formula is C13H17N3O2. The van der Waals surface area contributed by atoms with Crippen molar-refractivity contribution < 1.29 is 9.15 Å². The van der Waals surface area contributed by atoms with Crippen LogP contribution in [-0.4, -0.2) is 16.7 Å². The van der Waals surface area contributed by atoms with Crippen molar-refractivity contribution in [2.24, 2.45) is 0 Å². The zero-order chi connectivity index (χ0) is 12.6. The first-order valence-corrected chi connectivity index (χ1v) is 6.07. The van der Waals surface area contributed by atoms with E-state index in [1.54, 1.807) is 6.26 Å². The Hall–Kier alpha value is -1.88. The van der Waals surface area contributed by atoms with Gasteiger partial charge >= 0.3 is 0 Å². The molecule has 0 bridgehead atoms. The number of hydrogen-bond donors (Lipinski definition) is 1. The lowest BCUT2D eigenvalue weighted by atomic mass is 10.3. The van der Waals surface area contributed by atoms with E-state index in [-0.39, 0.29) is 0 Å². The second-order valence-electron chi connectivity index (χ2n) is 3.91. The molecule has 1 N–H and O–H groups in total. The lowest BCUT2D eigenvalue weighted by Gasteiger charge is -2.04. The van der Waals surface area contributed by atoms with Gasteiger partial charge in [0, 0.05) is 12.6 Å². The molecule has 0 aliphatic rings. The van der Waals surface area contributed by atoms with Crippen LogP contribution in [0.5, 0.6) is 5.88 Å². The molecule has 0 unspecified atom stereocenters. The molecule has 2 aromatic heterocycles. The van der Waals surface area contributed by atoms with Crippen LogP contribution < -0.4 is 10.1 Å². The minimum absolute atomic E-state index is 0.370. The summed E-state index contributed by atoms with van der Waals surface area (Å²) >= 11 is 0. The van der Waals surface area contributed by atoms with Gasteiger partial charge in [-0.3, -0.25) is 0 Å². The van der Waals surface area contributed by atoms with Gasteiger partial charge in [0.2, 0.25) is 5.88 Å². The summed E-state index contributed by atoms with van der Waals surface area (Å²) in [7, 11) is 0. The summed E-state index contributed by atoms with van der Waals surface area (Å²) in [5.41, 5.74) is 0.911. The zero-order valence-electron chi connectivity index (χ0n) is 10.4. The molecule has 0 saturated carbocycles. The van der Waals surface area contributed by atoms with Crippen molar-refractivity contribution in [1.29, 1.82) is 0 Å². The summed E-state index contributed by atoms with van der Waals surface area (Å²) in [5, 5.41) is 11.4. The summed E-state index contributed by atoms with van der Waals surface area (Å²) < 4.78 is 10.6. The molecule has 0 fully saturated rings. The predicted molar refractivity (Wildman–Crippen MR) is 67.1 cm³/mol. The summed E-state index contributed by atoms with van der Waals surface area (Å²) in [5.74, 6) is 1.27. The van der Waals surface area contributed by atoms with Crippen LogP contribution in [0.15, 0.2) is 34.9 Å². The Morgan fingerprint density at radius 3 is 2.89 bits per heavy atom. The van der Waals surface area contributed by atoms with E-state index in [1.807, 2.05) is 24.3 Å². The molecule has 0 saturated heterocycles. The molecule has 5 nitrogen and oxygen atoms in total. The van der Waals surface area contributed by atoms with Gasteiger partial charge in [0.1, 0.15) is 12.4 Å². The third-order valence-corrected chi connectivity index (χ3v) is 2.37. The molecule has 0 spiro atoms. The smallest absolute Gasteiger partial charge is 0.233 e. The van der Waals surface area contributed by atoms with Crippen molar-refractivity contribution >= 4 is 0 Å². The Labute approximate surface area is 106 Å². The monoisotopic (exact) mass is 247 g/mol. The number of rotatable bonds is 7. The molecule has 0 aliphatic heterocycles. The molecule has 0 radical (unpaired) electrons. The SMILES string of the molecule is CCCNCc1ccc(OCc2ccco2)nn1. The van der Waals surface area contributed by atoms with E-state index in [9.17, 15) is 0 Å². The normalized spacial score (nSPS) is 10.5. The summed E-state index contributed by atoms with van der Waals surface area (Å²) in [6.07, 6.45) is 2.73. The fourth-order valence-corrected chi connectivity index (χ4v) is 1.45. The highest BCUT2D eigenvalue weighted by Gasteiger charge is 2.01. The molecule has 0 aliphatic carbocycles. The second kappa shape index (κ2) is 6.76. The van der Waals surface area contributed by atoms with E-state index in [2.05, 4.69) is 22.4 Å². The van der Waals surface area contributed by atoms with Crippen LogP contribution in [0.4, 0.5) is 0 Å². The molecular weight excluding hydrogens is 230 g/mol. The molecule has 96 valence electrons. The number of hydrogen-bond acceptors (Lipinski definition) is 5. The van der Waals surface area contributed by atoms with Crippen LogP contribution in [0.25, 0.3) is 0 Å². The van der Waals surface area contributed by atoms with Crippen LogP contribution in [-0.2, 0) is 13.2 Å². The second-order valence-corrected chi connectivity index (χ2v) is 3.91. The fraction of sp³-hybridized carbons (Fsp3) is 0.385. The third kappa shape index (κ3) is 3.85. The molecule has 18 heavy (non-hydrogen) atoms. The van der Waals surface area contributed by atoms with Gasteiger partial charge in [0.25, 0.3) is 0 Å². The lowest BCUT2D eigenvalue weighted by molar-refractivity contribution is 0.257. The predicted octanol–water partition coefficient (Wildman–Crippen LogP) is 2.15. The van der Waals surface area contributed by atoms with Crippen molar-refractivity contribution in [1.82, 2.24) is 15.5 Å². The van der Waals surface area contributed by atoms with Crippen LogP contribution >= 0.6 is 0 Å². The van der Waals surface area contributed by atoms with Gasteiger partial charge in [-0.05, 0) is 31.2 Å². The van der Waals surface area contributed by atoms with E-state index in [0.717, 1.165) is 31.0 Å². The topological polar surface area (TPSA) is 60.2 Å². The number of furan rings is 1. The Bertz CT molecular complexity index is 440. The van der Waals surface area contributed by atoms with Gasteiger partial charge in [-0.2, -0.15) is 5.10 Å². The number of nitrogens with zero attached hydrogens (tertiary/aromatic N) is 2. The van der Waals surface area contributed by atoms with Gasteiger partial charge < -0.3 is 14.5 Å². The molecule has 2 aromatic rings. The maximum absolute atomic E-state index is 5.44. The number of aromatic nitrogens is 2. The summed E-state index contributed by atoms with van der Waals surface area (Å²) in [6, 6.07) is 7.41. The third-order valence-electron chi connectivity index (χ3n) is 2.37. The summed E-state index contributed by atoms with van der Waals surface area (Å²) in [4.78, 5) is 0. The highest BCUT2D eigenvalue weighted by atomic mass is 16.5. The molecule has 0 aromatic carbocycles. The largest absolute Gasteiger partial charge is 0.468 e. The van der Waals surface area contributed by atoms with Crippen LogP contribution in [0.3, 0.4) is 0 Å². The van der Waals surface area contributed by atoms with Gasteiger partial charge in [-0.15, -0.1) is 5.10 Å². The van der Waals surface area contributed by atoms with Crippen molar-refractivity contribution in [2.45, 2.75) is 26.5 Å². The Balaban J connectivity index is 1.80. The first-order chi connectivity index (χ1) is 8.88. The average molecular weight is 247 g/mol. The van der Waals surface area contributed by atoms with E-state index in [1.165, 1.54) is 0 Å². The van der Waals surface area contributed by atoms with Crippen LogP contribution in [0, 0.1) is 0 Å². The molecule has 0 atom stereocenters. The molecule has 2 rings (SSSR count). The summed E-state index contributed by atoms with van der Waals surface area (Å²) in [6.45, 7) is 4.22. The maximum Gasteiger partial charge on any atom is 0.233 e. The molecule has 5 heteroatoms. The fourth-order valence-electron chi connectivity index (χ4n) is 1.45. The van der Waals surface area contributed by atoms with Crippen LogP contribution in [0.2, 0.25) is 0 Å². The minimum atomic E-state index is 0.370. The maximum atomic E-state index is 5.44. The quantitative estimate of drug-likeness (QED) is 0.760. The Morgan fingerprint density at radius 1 is 1.28 bits per heavy atom. The number of ether oxygens (including phenoxy) is 1. The van der Waals surface area contributed by atoms with E-state index >= 15 is 0 Å². The first-order valence-electron chi connectivity index (χ1n) is 6.07. The zero-order valence-corrected chi connectivity index (χ0v) is 10.4. The van der Waals surface area contributed by atoms with Gasteiger partial charge in [-0.25, -0.2) is 0 Å². The van der Waals surface area contributed by atoms with E-state index in [0.29, 0.717) is 12.5 Å². The Morgan fingerprint density at radius 2 is 2.22 bits per heavy atom. The van der Waals surface area contributed by atoms with Crippen molar-refractivity contribution in [3.05, 3.63) is 42.0 Å². The van der Waals surface area contributed by atoms with Crippen molar-refractivity contribution in [3.8, 4) is 5.88 Å². The van der Waals surface area contributed by atoms with Crippen LogP contribution in [0.1, 0.15) is 24.8 Å². The minimum Gasteiger partial charge on any atom is -0.468 e. The first kappa shape index (κ1) is 12.6. The van der Waals surface area contributed by atoms with Gasteiger partial charge in [0.05, 0.1) is 12.0 Å². The Kier molecular flexibility index (Phi) is 4.72. The van der Waals surface area contributed by atoms with Gasteiger partial charge in [-0.1, -0.05) is 6.92 Å². The lowest BCUT2D eigenvalue weighted by Crippen LogP contribution is -2.15. The average Bonchev–Trinajstić information content (AvgIpc) is 2.91. The van der Waals surface area contributed by atoms with Crippen molar-refractivity contribution in [2.75, 3.05) is 6.54 Å². The standard InChI is InChI=1S/C13H17N3O2/c1-2-7-14-9-11-5-6-13(16-15-11)18-10-12-4-3-8-17-12/h3-6,8,14H,2,7,9-10H2,1H3. The van der Waals surface area contributed by atoms with E-state index in [4.69, 9.17) is 9.15 Å².